The van der Waals surface area contributed by atoms with Crippen LogP contribution in [-0.4, -0.2) is 15.7 Å². The molecule has 0 aliphatic carbocycles. The second kappa shape index (κ2) is 16.6. The first-order chi connectivity index (χ1) is 30.1. The van der Waals surface area contributed by atoms with Crippen molar-refractivity contribution in [2.24, 2.45) is 0 Å². The molecule has 10 aromatic rings. The summed E-state index contributed by atoms with van der Waals surface area (Å²) >= 11 is 0. The van der Waals surface area contributed by atoms with Gasteiger partial charge in [0.25, 0.3) is 0 Å². The SMILES string of the molecule is N=C(c1ccccc1)c1c(-c2ccccc2)cc2ccc(-c3cc(-c4cccc(-c5ccccc5)c4)nc(-c4cccc(-c5ccccc5)c4)n3)cc2c1Nc1ccccc1. The minimum Gasteiger partial charge on any atom is -0.354 e. The maximum atomic E-state index is 9.81. The van der Waals surface area contributed by atoms with Gasteiger partial charge >= 0.3 is 0 Å². The van der Waals surface area contributed by atoms with E-state index in [1.165, 1.54) is 0 Å². The molecule has 0 radical (unpaired) electrons. The summed E-state index contributed by atoms with van der Waals surface area (Å²) in [5.74, 6) is 0.643. The number of para-hydroxylation sites is 1. The zero-order valence-electron chi connectivity index (χ0n) is 33.3. The van der Waals surface area contributed by atoms with Crippen molar-refractivity contribution < 1.29 is 0 Å². The van der Waals surface area contributed by atoms with Gasteiger partial charge in [-0.3, -0.25) is 5.41 Å². The molecule has 10 rings (SSSR count). The maximum Gasteiger partial charge on any atom is 0.160 e. The van der Waals surface area contributed by atoms with E-state index in [0.717, 1.165) is 94.7 Å². The third-order valence-electron chi connectivity index (χ3n) is 11.1. The second-order valence-electron chi connectivity index (χ2n) is 15.1. The average molecular weight is 781 g/mol. The van der Waals surface area contributed by atoms with Gasteiger partial charge in [0, 0.05) is 38.9 Å². The fourth-order valence-electron chi connectivity index (χ4n) is 8.03. The number of hydrogen-bond donors (Lipinski definition) is 2. The van der Waals surface area contributed by atoms with Crippen molar-refractivity contribution in [3.05, 3.63) is 242 Å². The standard InChI is InChI=1S/C57H40N4/c58-55(42-24-12-4-13-25-42)54-50(41-22-10-3-11-23-41)36-45-32-33-47(37-51(45)56(54)59-49-30-14-5-15-31-49)53-38-52(46-28-16-26-43(34-46)39-18-6-1-7-19-39)60-57(61-53)48-29-17-27-44(35-48)40-20-8-2-9-21-40/h1-38,58-59H. The van der Waals surface area contributed by atoms with Gasteiger partial charge in [-0.2, -0.15) is 0 Å². The van der Waals surface area contributed by atoms with Crippen LogP contribution < -0.4 is 5.32 Å². The molecule has 288 valence electrons. The van der Waals surface area contributed by atoms with Gasteiger partial charge in [0.2, 0.25) is 0 Å². The Kier molecular flexibility index (Phi) is 10.1. The zero-order valence-corrected chi connectivity index (χ0v) is 33.3. The first kappa shape index (κ1) is 37.1. The van der Waals surface area contributed by atoms with E-state index in [1.54, 1.807) is 0 Å². The van der Waals surface area contributed by atoms with E-state index in [-0.39, 0.29) is 0 Å². The first-order valence-corrected chi connectivity index (χ1v) is 20.5. The van der Waals surface area contributed by atoms with Crippen LogP contribution in [0.2, 0.25) is 0 Å². The number of benzene rings is 9. The molecule has 1 heterocycles. The third-order valence-corrected chi connectivity index (χ3v) is 11.1. The highest BCUT2D eigenvalue weighted by atomic mass is 14.9. The second-order valence-corrected chi connectivity index (χ2v) is 15.1. The molecule has 2 N–H and O–H groups in total. The van der Waals surface area contributed by atoms with Gasteiger partial charge in [-0.05, 0) is 81.2 Å². The summed E-state index contributed by atoms with van der Waals surface area (Å²) in [6.07, 6.45) is 0. The van der Waals surface area contributed by atoms with Crippen molar-refractivity contribution in [1.29, 1.82) is 5.41 Å². The van der Waals surface area contributed by atoms with E-state index in [9.17, 15) is 5.41 Å². The molecule has 9 aromatic carbocycles. The molecule has 0 aliphatic heterocycles. The molecule has 0 aliphatic rings. The third kappa shape index (κ3) is 7.74. The molecule has 0 unspecified atom stereocenters. The lowest BCUT2D eigenvalue weighted by molar-refractivity contribution is 1.18. The lowest BCUT2D eigenvalue weighted by Gasteiger charge is -2.21. The molecule has 1 aromatic heterocycles. The first-order valence-electron chi connectivity index (χ1n) is 20.5. The molecule has 0 bridgehead atoms. The van der Waals surface area contributed by atoms with Crippen LogP contribution in [0.15, 0.2) is 231 Å². The number of rotatable bonds is 10. The maximum absolute atomic E-state index is 9.81. The summed E-state index contributed by atoms with van der Waals surface area (Å²) in [4.78, 5) is 10.6. The van der Waals surface area contributed by atoms with Gasteiger partial charge in [0.15, 0.2) is 5.82 Å². The van der Waals surface area contributed by atoms with E-state index >= 15 is 0 Å². The summed E-state index contributed by atoms with van der Waals surface area (Å²) in [7, 11) is 0. The van der Waals surface area contributed by atoms with E-state index in [2.05, 4.69) is 169 Å². The minimum atomic E-state index is 0.438. The Morgan fingerprint density at radius 3 is 1.46 bits per heavy atom. The summed E-state index contributed by atoms with van der Waals surface area (Å²) in [6.45, 7) is 0. The van der Waals surface area contributed by atoms with Gasteiger partial charge in [-0.15, -0.1) is 0 Å². The van der Waals surface area contributed by atoms with Crippen LogP contribution in [0.4, 0.5) is 11.4 Å². The van der Waals surface area contributed by atoms with Crippen molar-refractivity contribution in [1.82, 2.24) is 9.97 Å². The Bertz CT molecular complexity index is 3050. The number of fused-ring (bicyclic) bond motifs is 1. The van der Waals surface area contributed by atoms with Gasteiger partial charge < -0.3 is 5.32 Å². The van der Waals surface area contributed by atoms with Crippen LogP contribution in [0.1, 0.15) is 11.1 Å². The van der Waals surface area contributed by atoms with Crippen LogP contribution in [0.5, 0.6) is 0 Å². The minimum absolute atomic E-state index is 0.438. The summed E-state index contributed by atoms with van der Waals surface area (Å²) in [5, 5.41) is 15.6. The number of aromatic nitrogens is 2. The summed E-state index contributed by atoms with van der Waals surface area (Å²) in [6, 6.07) is 79.4. The molecule has 0 saturated heterocycles. The van der Waals surface area contributed by atoms with E-state index in [0.29, 0.717) is 11.5 Å². The summed E-state index contributed by atoms with van der Waals surface area (Å²) in [5.41, 5.74) is 14.9. The Hall–Kier alpha value is -8.21. The smallest absolute Gasteiger partial charge is 0.160 e. The number of nitrogens with one attached hydrogen (secondary N) is 2. The molecule has 61 heavy (non-hydrogen) atoms. The monoisotopic (exact) mass is 780 g/mol. The van der Waals surface area contributed by atoms with Crippen LogP contribution in [0.25, 0.3) is 78.1 Å². The Labute approximate surface area is 356 Å². The predicted molar refractivity (Wildman–Crippen MR) is 254 cm³/mol. The molecule has 4 heteroatoms. The van der Waals surface area contributed by atoms with Crippen LogP contribution in [0.3, 0.4) is 0 Å². The van der Waals surface area contributed by atoms with E-state index in [1.807, 2.05) is 66.7 Å². The lowest BCUT2D eigenvalue weighted by Crippen LogP contribution is -2.09. The van der Waals surface area contributed by atoms with Crippen molar-refractivity contribution in [3.8, 4) is 67.3 Å². The van der Waals surface area contributed by atoms with Gasteiger partial charge in [0.05, 0.1) is 22.8 Å². The van der Waals surface area contributed by atoms with Crippen molar-refractivity contribution >= 4 is 27.9 Å². The molecule has 0 spiro atoms. The van der Waals surface area contributed by atoms with Crippen molar-refractivity contribution in [2.45, 2.75) is 0 Å². The molecule has 0 amide bonds. The van der Waals surface area contributed by atoms with Crippen LogP contribution >= 0.6 is 0 Å². The van der Waals surface area contributed by atoms with Crippen LogP contribution in [-0.2, 0) is 0 Å². The topological polar surface area (TPSA) is 61.7 Å². The zero-order chi connectivity index (χ0) is 41.0. The predicted octanol–water partition coefficient (Wildman–Crippen LogP) is 14.8. The molecule has 0 atom stereocenters. The highest BCUT2D eigenvalue weighted by molar-refractivity contribution is 6.22. The average Bonchev–Trinajstić information content (AvgIpc) is 3.35. The van der Waals surface area contributed by atoms with Gasteiger partial charge in [-0.1, -0.05) is 188 Å². The van der Waals surface area contributed by atoms with Crippen molar-refractivity contribution in [2.75, 3.05) is 5.32 Å². The molecule has 4 nitrogen and oxygen atoms in total. The lowest BCUT2D eigenvalue weighted by atomic mass is 9.87. The normalized spacial score (nSPS) is 11.0. The number of hydrogen-bond acceptors (Lipinski definition) is 4. The quantitative estimate of drug-likeness (QED) is 0.136. The fourth-order valence-corrected chi connectivity index (χ4v) is 8.03. The van der Waals surface area contributed by atoms with Crippen molar-refractivity contribution in [3.63, 3.8) is 0 Å². The Morgan fingerprint density at radius 1 is 0.377 bits per heavy atom. The van der Waals surface area contributed by atoms with Crippen LogP contribution in [0, 0.1) is 5.41 Å². The largest absolute Gasteiger partial charge is 0.354 e. The fraction of sp³-hybridized carbons (Fsp3) is 0. The molecular weight excluding hydrogens is 741 g/mol. The molecule has 0 fully saturated rings. The van der Waals surface area contributed by atoms with Gasteiger partial charge in [-0.25, -0.2) is 9.97 Å². The molecular formula is C57H40N4. The van der Waals surface area contributed by atoms with E-state index in [4.69, 9.17) is 9.97 Å². The Balaban J connectivity index is 1.20. The van der Waals surface area contributed by atoms with Gasteiger partial charge in [0.1, 0.15) is 0 Å². The highest BCUT2D eigenvalue weighted by Gasteiger charge is 2.22. The highest BCUT2D eigenvalue weighted by Crippen LogP contribution is 2.41. The Morgan fingerprint density at radius 2 is 0.852 bits per heavy atom. The number of nitrogens with zero attached hydrogens (tertiary/aromatic N) is 2. The van der Waals surface area contributed by atoms with E-state index < -0.39 is 0 Å². The summed E-state index contributed by atoms with van der Waals surface area (Å²) < 4.78 is 0. The number of anilines is 2. The molecule has 0 saturated carbocycles.